The second kappa shape index (κ2) is 8.06. The van der Waals surface area contributed by atoms with E-state index in [4.69, 9.17) is 18.0 Å². The van der Waals surface area contributed by atoms with Gasteiger partial charge in [-0.15, -0.1) is 0 Å². The Kier molecular flexibility index (Phi) is 6.39. The Morgan fingerprint density at radius 2 is 2.00 bits per heavy atom. The van der Waals surface area contributed by atoms with Gasteiger partial charge in [-0.1, -0.05) is 12.2 Å². The van der Waals surface area contributed by atoms with Gasteiger partial charge in [0, 0.05) is 45.6 Å². The summed E-state index contributed by atoms with van der Waals surface area (Å²) in [6, 6.07) is 0.718. The summed E-state index contributed by atoms with van der Waals surface area (Å²) in [6.45, 7) is 6.29. The molecule has 0 bridgehead atoms. The Bertz CT molecular complexity index is 371. The quantitative estimate of drug-likeness (QED) is 0.701. The molecule has 2 aliphatic rings. The Labute approximate surface area is 133 Å². The lowest BCUT2D eigenvalue weighted by Crippen LogP contribution is -2.37. The zero-order valence-corrected chi connectivity index (χ0v) is 13.9. The molecule has 2 N–H and O–H groups in total. The molecule has 0 aliphatic carbocycles. The lowest BCUT2D eigenvalue weighted by Gasteiger charge is -2.24. The third-order valence-electron chi connectivity index (χ3n) is 4.67. The molecule has 120 valence electrons. The van der Waals surface area contributed by atoms with Crippen molar-refractivity contribution in [1.29, 1.82) is 0 Å². The number of hydrogen-bond acceptors (Lipinski definition) is 4. The van der Waals surface area contributed by atoms with E-state index in [-0.39, 0.29) is 5.91 Å². The van der Waals surface area contributed by atoms with Gasteiger partial charge < -0.3 is 15.5 Å². The zero-order valence-electron chi connectivity index (χ0n) is 13.1. The molecule has 0 spiro atoms. The van der Waals surface area contributed by atoms with Crippen LogP contribution in [0, 0.1) is 0 Å². The molecule has 1 atom stereocenters. The Balaban J connectivity index is 1.64. The molecular weight excluding hydrogens is 284 g/mol. The van der Waals surface area contributed by atoms with Crippen LogP contribution in [0.2, 0.25) is 0 Å². The minimum atomic E-state index is 0.191. The third kappa shape index (κ3) is 5.20. The highest BCUT2D eigenvalue weighted by Crippen LogP contribution is 2.20. The predicted molar refractivity (Wildman–Crippen MR) is 89.3 cm³/mol. The Morgan fingerprint density at radius 1 is 1.29 bits per heavy atom. The van der Waals surface area contributed by atoms with Gasteiger partial charge >= 0.3 is 0 Å². The van der Waals surface area contributed by atoms with E-state index in [0.29, 0.717) is 24.4 Å². The summed E-state index contributed by atoms with van der Waals surface area (Å²) in [6.07, 6.45) is 5.16. The molecule has 5 nitrogen and oxygen atoms in total. The second-order valence-electron chi connectivity index (χ2n) is 6.27. The van der Waals surface area contributed by atoms with Crippen molar-refractivity contribution in [1.82, 2.24) is 14.7 Å². The number of hydrogen-bond donors (Lipinski definition) is 1. The number of carbonyl (C=O) groups excluding carboxylic acids is 1. The van der Waals surface area contributed by atoms with Crippen LogP contribution >= 0.6 is 12.2 Å². The minimum absolute atomic E-state index is 0.191. The van der Waals surface area contributed by atoms with E-state index in [1.54, 1.807) is 4.90 Å². The van der Waals surface area contributed by atoms with Gasteiger partial charge in [-0.05, 0) is 38.9 Å². The molecule has 0 aromatic rings. The van der Waals surface area contributed by atoms with Gasteiger partial charge in [0.15, 0.2) is 0 Å². The molecular formula is C15H28N4OS. The second-order valence-corrected chi connectivity index (χ2v) is 6.79. The maximum Gasteiger partial charge on any atom is 0.223 e. The number of carbonyl (C=O) groups is 1. The van der Waals surface area contributed by atoms with E-state index in [1.165, 1.54) is 32.4 Å². The summed E-state index contributed by atoms with van der Waals surface area (Å²) < 4.78 is 0. The molecule has 2 fully saturated rings. The van der Waals surface area contributed by atoms with E-state index >= 15 is 0 Å². The van der Waals surface area contributed by atoms with Gasteiger partial charge in [-0.25, -0.2) is 0 Å². The van der Waals surface area contributed by atoms with Crippen molar-refractivity contribution in [2.45, 2.75) is 38.1 Å². The predicted octanol–water partition coefficient (Wildman–Crippen LogP) is 0.681. The van der Waals surface area contributed by atoms with Crippen molar-refractivity contribution in [2.24, 2.45) is 5.73 Å². The van der Waals surface area contributed by atoms with Crippen LogP contribution in [0.5, 0.6) is 0 Å². The molecule has 21 heavy (non-hydrogen) atoms. The van der Waals surface area contributed by atoms with Crippen molar-refractivity contribution < 1.29 is 4.79 Å². The van der Waals surface area contributed by atoms with Crippen molar-refractivity contribution >= 4 is 23.1 Å². The SMILES string of the molecule is CN(CCC(N)=S)C(=O)CCN1CCC(N2CCCC2)C1. The molecule has 1 unspecified atom stereocenters. The number of nitrogens with two attached hydrogens (primary N) is 1. The summed E-state index contributed by atoms with van der Waals surface area (Å²) in [5.41, 5.74) is 5.47. The van der Waals surface area contributed by atoms with Crippen LogP contribution in [0.1, 0.15) is 32.1 Å². The van der Waals surface area contributed by atoms with Crippen LogP contribution in [0.3, 0.4) is 0 Å². The number of likely N-dealkylation sites (tertiary alicyclic amines) is 2. The molecule has 2 heterocycles. The largest absolute Gasteiger partial charge is 0.393 e. The Hall–Kier alpha value is -0.720. The van der Waals surface area contributed by atoms with Crippen molar-refractivity contribution in [3.05, 3.63) is 0 Å². The average molecular weight is 312 g/mol. The smallest absolute Gasteiger partial charge is 0.223 e. The number of rotatable bonds is 7. The monoisotopic (exact) mass is 312 g/mol. The molecule has 2 saturated heterocycles. The van der Waals surface area contributed by atoms with Crippen LogP contribution in [-0.4, -0.2) is 78.0 Å². The van der Waals surface area contributed by atoms with E-state index < -0.39 is 0 Å². The lowest BCUT2D eigenvalue weighted by molar-refractivity contribution is -0.130. The fraction of sp³-hybridized carbons (Fsp3) is 0.867. The van der Waals surface area contributed by atoms with E-state index in [2.05, 4.69) is 9.80 Å². The fourth-order valence-corrected chi connectivity index (χ4v) is 3.36. The maximum absolute atomic E-state index is 12.1. The third-order valence-corrected chi connectivity index (χ3v) is 4.87. The normalized spacial score (nSPS) is 23.6. The summed E-state index contributed by atoms with van der Waals surface area (Å²) in [7, 11) is 1.83. The number of thiocarbonyl (C=S) groups is 1. The van der Waals surface area contributed by atoms with Gasteiger partial charge in [-0.3, -0.25) is 9.69 Å². The fourth-order valence-electron chi connectivity index (χ4n) is 3.27. The summed E-state index contributed by atoms with van der Waals surface area (Å²) >= 11 is 4.84. The highest BCUT2D eigenvalue weighted by molar-refractivity contribution is 7.80. The van der Waals surface area contributed by atoms with Crippen LogP contribution < -0.4 is 5.73 Å². The van der Waals surface area contributed by atoms with Crippen molar-refractivity contribution in [2.75, 3.05) is 46.3 Å². The Morgan fingerprint density at radius 3 is 2.67 bits per heavy atom. The zero-order chi connectivity index (χ0) is 15.2. The van der Waals surface area contributed by atoms with Gasteiger partial charge in [0.2, 0.25) is 5.91 Å². The van der Waals surface area contributed by atoms with E-state index in [9.17, 15) is 4.79 Å². The topological polar surface area (TPSA) is 52.8 Å². The highest BCUT2D eigenvalue weighted by Gasteiger charge is 2.29. The van der Waals surface area contributed by atoms with Gasteiger partial charge in [0.25, 0.3) is 0 Å². The molecule has 0 aromatic carbocycles. The highest BCUT2D eigenvalue weighted by atomic mass is 32.1. The molecule has 1 amide bonds. The molecule has 0 saturated carbocycles. The molecule has 6 heteroatoms. The summed E-state index contributed by atoms with van der Waals surface area (Å²) in [5, 5.41) is 0. The number of nitrogens with zero attached hydrogens (tertiary/aromatic N) is 3. The van der Waals surface area contributed by atoms with Crippen molar-refractivity contribution in [3.63, 3.8) is 0 Å². The van der Waals surface area contributed by atoms with E-state index in [1.807, 2.05) is 7.05 Å². The van der Waals surface area contributed by atoms with Crippen LogP contribution in [-0.2, 0) is 4.79 Å². The van der Waals surface area contributed by atoms with Gasteiger partial charge in [0.05, 0.1) is 4.99 Å². The van der Waals surface area contributed by atoms with Crippen molar-refractivity contribution in [3.8, 4) is 0 Å². The standard InChI is InChI=1S/C15H28N4OS/c1-17(9-5-14(16)21)15(20)6-11-18-10-4-13(12-18)19-7-2-3-8-19/h13H,2-12H2,1H3,(H2,16,21). The van der Waals surface area contributed by atoms with Crippen LogP contribution in [0.15, 0.2) is 0 Å². The molecule has 0 aromatic heterocycles. The van der Waals surface area contributed by atoms with E-state index in [0.717, 1.165) is 25.7 Å². The summed E-state index contributed by atoms with van der Waals surface area (Å²) in [4.78, 5) is 19.3. The first-order chi connectivity index (χ1) is 10.1. The molecule has 0 radical (unpaired) electrons. The van der Waals surface area contributed by atoms with Gasteiger partial charge in [0.1, 0.15) is 0 Å². The first-order valence-electron chi connectivity index (χ1n) is 8.05. The lowest BCUT2D eigenvalue weighted by atomic mass is 10.2. The summed E-state index contributed by atoms with van der Waals surface area (Å²) in [5.74, 6) is 0.191. The first-order valence-corrected chi connectivity index (χ1v) is 8.46. The average Bonchev–Trinajstić information content (AvgIpc) is 3.12. The first kappa shape index (κ1) is 16.6. The minimum Gasteiger partial charge on any atom is -0.393 e. The maximum atomic E-state index is 12.1. The molecule has 2 rings (SSSR count). The molecule has 2 aliphatic heterocycles. The van der Waals surface area contributed by atoms with Crippen LogP contribution in [0.25, 0.3) is 0 Å². The number of amides is 1. The van der Waals surface area contributed by atoms with Crippen LogP contribution in [0.4, 0.5) is 0 Å². The van der Waals surface area contributed by atoms with Gasteiger partial charge in [-0.2, -0.15) is 0 Å².